The van der Waals surface area contributed by atoms with Gasteiger partial charge in [-0.1, -0.05) is 37.8 Å². The minimum atomic E-state index is -0.550. The van der Waals surface area contributed by atoms with Crippen molar-refractivity contribution in [2.75, 3.05) is 20.8 Å². The lowest BCUT2D eigenvalue weighted by Crippen LogP contribution is -2.33. The van der Waals surface area contributed by atoms with Gasteiger partial charge in [0, 0.05) is 7.05 Å². The van der Waals surface area contributed by atoms with Gasteiger partial charge in [-0.2, -0.15) is 0 Å². The Hall–Kier alpha value is -2.04. The van der Waals surface area contributed by atoms with Crippen LogP contribution in [-0.4, -0.2) is 32.6 Å². The molecule has 0 aromatic heterocycles. The molecule has 5 nitrogen and oxygen atoms in total. The number of hydrogen-bond donors (Lipinski definition) is 1. The molecule has 3 rings (SSSR count). The highest BCUT2D eigenvalue weighted by Crippen LogP contribution is 2.49. The predicted octanol–water partition coefficient (Wildman–Crippen LogP) is 4.60. The van der Waals surface area contributed by atoms with Gasteiger partial charge in [-0.15, -0.1) is 0 Å². The summed E-state index contributed by atoms with van der Waals surface area (Å²) in [5, 5.41) is 2.63. The molecule has 2 aliphatic rings. The summed E-state index contributed by atoms with van der Waals surface area (Å²) in [6.45, 7) is 0.766. The smallest absolute Gasteiger partial charge is 0.306 e. The van der Waals surface area contributed by atoms with Gasteiger partial charge in [-0.3, -0.25) is 9.59 Å². The van der Waals surface area contributed by atoms with Crippen molar-refractivity contribution in [1.82, 2.24) is 5.32 Å². The molecule has 160 valence electrons. The Balaban J connectivity index is 1.57. The molecule has 2 unspecified atom stereocenters. The highest BCUT2D eigenvalue weighted by molar-refractivity contribution is 5.88. The molecule has 1 aromatic rings. The van der Waals surface area contributed by atoms with Crippen molar-refractivity contribution in [2.45, 2.75) is 70.1 Å². The van der Waals surface area contributed by atoms with E-state index in [2.05, 4.69) is 5.32 Å². The highest BCUT2D eigenvalue weighted by atomic mass is 16.5. The average Bonchev–Trinajstić information content (AvgIpc) is 2.76. The second-order valence-corrected chi connectivity index (χ2v) is 8.85. The van der Waals surface area contributed by atoms with Crippen LogP contribution in [0, 0.1) is 11.3 Å². The molecule has 1 amide bonds. The maximum absolute atomic E-state index is 12.2. The molecule has 0 aliphatic heterocycles. The largest absolute Gasteiger partial charge is 0.493 e. The first-order valence-corrected chi connectivity index (χ1v) is 11.1. The van der Waals surface area contributed by atoms with Crippen LogP contribution in [0.2, 0.25) is 0 Å². The Bertz CT molecular complexity index is 673. The lowest BCUT2D eigenvalue weighted by atomic mass is 9.63. The van der Waals surface area contributed by atoms with Crippen LogP contribution in [0.4, 0.5) is 0 Å². The number of amides is 1. The molecular formula is C24H35NO4. The quantitative estimate of drug-likeness (QED) is 0.678. The summed E-state index contributed by atoms with van der Waals surface area (Å²) < 4.78 is 10.8. The molecule has 2 atom stereocenters. The molecule has 1 spiro atoms. The summed E-state index contributed by atoms with van der Waals surface area (Å²) in [6.07, 6.45) is 12.3. The van der Waals surface area contributed by atoms with Gasteiger partial charge < -0.3 is 14.8 Å². The van der Waals surface area contributed by atoms with Crippen LogP contribution in [0.5, 0.6) is 5.75 Å². The van der Waals surface area contributed by atoms with E-state index in [1.54, 1.807) is 7.05 Å². The number of ether oxygens (including phenoxy) is 2. The van der Waals surface area contributed by atoms with Crippen molar-refractivity contribution in [2.24, 2.45) is 11.3 Å². The third kappa shape index (κ3) is 5.74. The maximum Gasteiger partial charge on any atom is 0.306 e. The molecule has 0 saturated heterocycles. The van der Waals surface area contributed by atoms with Gasteiger partial charge in [0.05, 0.1) is 26.1 Å². The van der Waals surface area contributed by atoms with Crippen LogP contribution >= 0.6 is 0 Å². The van der Waals surface area contributed by atoms with Crippen molar-refractivity contribution in [3.05, 3.63) is 29.8 Å². The number of methoxy groups -OCH3 is 1. The minimum Gasteiger partial charge on any atom is -0.493 e. The van der Waals surface area contributed by atoms with Crippen molar-refractivity contribution < 1.29 is 19.1 Å². The number of nitrogens with one attached hydrogen (secondary N) is 1. The van der Waals surface area contributed by atoms with E-state index in [0.717, 1.165) is 17.9 Å². The van der Waals surface area contributed by atoms with E-state index in [9.17, 15) is 9.59 Å². The van der Waals surface area contributed by atoms with Gasteiger partial charge in [-0.25, -0.2) is 0 Å². The first-order valence-electron chi connectivity index (χ1n) is 11.1. The van der Waals surface area contributed by atoms with Crippen LogP contribution in [0.3, 0.4) is 0 Å². The Labute approximate surface area is 174 Å². The van der Waals surface area contributed by atoms with Gasteiger partial charge in [-0.05, 0) is 61.1 Å². The Morgan fingerprint density at radius 1 is 1.10 bits per heavy atom. The van der Waals surface area contributed by atoms with E-state index >= 15 is 0 Å². The van der Waals surface area contributed by atoms with Crippen LogP contribution in [0.25, 0.3) is 0 Å². The Morgan fingerprint density at radius 2 is 1.79 bits per heavy atom. The number of carbonyl (C=O) groups excluding carboxylic acids is 2. The summed E-state index contributed by atoms with van der Waals surface area (Å²) >= 11 is 0. The van der Waals surface area contributed by atoms with Crippen molar-refractivity contribution in [1.29, 1.82) is 0 Å². The molecule has 2 fully saturated rings. The number of esters is 1. The number of hydrogen-bond acceptors (Lipinski definition) is 4. The Kier molecular flexibility index (Phi) is 7.57. The number of rotatable bonds is 7. The summed E-state index contributed by atoms with van der Waals surface area (Å²) in [4.78, 5) is 23.8. The third-order valence-electron chi connectivity index (χ3n) is 6.88. The molecule has 2 saturated carbocycles. The summed E-state index contributed by atoms with van der Waals surface area (Å²) in [5.41, 5.74) is 1.38. The third-order valence-corrected chi connectivity index (χ3v) is 6.88. The summed E-state index contributed by atoms with van der Waals surface area (Å²) in [7, 11) is 2.91. The van der Waals surface area contributed by atoms with Crippen LogP contribution < -0.4 is 10.1 Å². The van der Waals surface area contributed by atoms with Crippen LogP contribution in [0.1, 0.15) is 75.7 Å². The van der Waals surface area contributed by atoms with Crippen molar-refractivity contribution >= 4 is 11.9 Å². The molecule has 0 heterocycles. The molecule has 0 bridgehead atoms. The van der Waals surface area contributed by atoms with Crippen LogP contribution in [0.15, 0.2) is 24.3 Å². The summed E-state index contributed by atoms with van der Waals surface area (Å²) in [5.74, 6) is 0.327. The van der Waals surface area contributed by atoms with Gasteiger partial charge >= 0.3 is 5.97 Å². The van der Waals surface area contributed by atoms with E-state index in [4.69, 9.17) is 9.47 Å². The standard InChI is InChI=1S/C24H35NO4/c1-25-23(27)21(15-22(26)28-2)19-8-10-20(11-9-19)29-17-18-7-6-14-24(16-18)12-4-3-5-13-24/h8-11,18,21H,3-7,12-17H2,1-2H3,(H,25,27). The molecule has 1 N–H and O–H groups in total. The molecule has 0 radical (unpaired) electrons. The first-order chi connectivity index (χ1) is 14.0. The highest BCUT2D eigenvalue weighted by Gasteiger charge is 2.37. The Morgan fingerprint density at radius 3 is 2.45 bits per heavy atom. The fraction of sp³-hybridized carbons (Fsp3) is 0.667. The lowest BCUT2D eigenvalue weighted by Gasteiger charge is -2.43. The zero-order valence-corrected chi connectivity index (χ0v) is 17.9. The topological polar surface area (TPSA) is 64.6 Å². The molecule has 5 heteroatoms. The molecule has 29 heavy (non-hydrogen) atoms. The van der Waals surface area contributed by atoms with E-state index < -0.39 is 11.9 Å². The second kappa shape index (κ2) is 10.1. The predicted molar refractivity (Wildman–Crippen MR) is 113 cm³/mol. The second-order valence-electron chi connectivity index (χ2n) is 8.85. The molecular weight excluding hydrogens is 366 g/mol. The summed E-state index contributed by atoms with van der Waals surface area (Å²) in [6, 6.07) is 7.56. The number of carbonyl (C=O) groups is 2. The average molecular weight is 402 g/mol. The zero-order chi connectivity index (χ0) is 20.7. The lowest BCUT2D eigenvalue weighted by molar-refractivity contribution is -0.142. The van der Waals surface area contributed by atoms with E-state index in [1.165, 1.54) is 64.9 Å². The molecule has 2 aliphatic carbocycles. The normalized spacial score (nSPS) is 21.9. The fourth-order valence-corrected chi connectivity index (χ4v) is 5.28. The van der Waals surface area contributed by atoms with Crippen molar-refractivity contribution in [3.63, 3.8) is 0 Å². The zero-order valence-electron chi connectivity index (χ0n) is 17.9. The van der Waals surface area contributed by atoms with E-state index in [-0.39, 0.29) is 12.3 Å². The van der Waals surface area contributed by atoms with Gasteiger partial charge in [0.15, 0.2) is 0 Å². The first kappa shape index (κ1) is 21.7. The van der Waals surface area contributed by atoms with Gasteiger partial charge in [0.2, 0.25) is 5.91 Å². The van der Waals surface area contributed by atoms with Gasteiger partial charge in [0.1, 0.15) is 5.75 Å². The maximum atomic E-state index is 12.2. The van der Waals surface area contributed by atoms with Crippen molar-refractivity contribution in [3.8, 4) is 5.75 Å². The monoisotopic (exact) mass is 401 g/mol. The number of likely N-dealkylation sites (N-methyl/N-ethyl adjacent to an activating group) is 1. The van der Waals surface area contributed by atoms with Crippen LogP contribution in [-0.2, 0) is 14.3 Å². The molecule has 1 aromatic carbocycles. The van der Waals surface area contributed by atoms with E-state index in [1.807, 2.05) is 24.3 Å². The SMILES string of the molecule is CNC(=O)C(CC(=O)OC)c1ccc(OCC2CCCC3(CCCCC3)C2)cc1. The minimum absolute atomic E-state index is 0.0283. The van der Waals surface area contributed by atoms with Gasteiger partial charge in [0.25, 0.3) is 0 Å². The number of benzene rings is 1. The van der Waals surface area contributed by atoms with E-state index in [0.29, 0.717) is 11.3 Å². The fourth-order valence-electron chi connectivity index (χ4n) is 5.28.